The molecule has 1 aromatic heterocycles. The Morgan fingerprint density at radius 3 is 2.44 bits per heavy atom. The lowest BCUT2D eigenvalue weighted by molar-refractivity contribution is 0.0697. The number of benzene rings is 1. The predicted molar refractivity (Wildman–Crippen MR) is 101 cm³/mol. The topological polar surface area (TPSA) is 62.5 Å². The van der Waals surface area contributed by atoms with E-state index in [1.807, 2.05) is 12.1 Å². The smallest absolute Gasteiger partial charge is 0.335 e. The number of carbonyl (C=O) groups is 1. The monoisotopic (exact) mass is 363 g/mol. The first-order valence-electron chi connectivity index (χ1n) is 8.34. The number of nitrogens with one attached hydrogen (secondary N) is 1. The molecule has 0 radical (unpaired) electrons. The first-order chi connectivity index (χ1) is 11.5. The zero-order chi connectivity index (χ0) is 18.8. The maximum atomic E-state index is 11.1. The Labute approximate surface area is 154 Å². The highest BCUT2D eigenvalue weighted by Crippen LogP contribution is 2.31. The van der Waals surface area contributed by atoms with Crippen molar-refractivity contribution in [2.75, 3.05) is 0 Å². The molecule has 0 bridgehead atoms. The number of furan rings is 1. The molecule has 25 heavy (non-hydrogen) atoms. The van der Waals surface area contributed by atoms with Gasteiger partial charge in [-0.3, -0.25) is 0 Å². The Balaban J connectivity index is 2.13. The summed E-state index contributed by atoms with van der Waals surface area (Å²) in [6, 6.07) is 8.30. The highest BCUT2D eigenvalue weighted by Gasteiger charge is 2.25. The van der Waals surface area contributed by atoms with Crippen LogP contribution >= 0.6 is 11.6 Å². The number of aromatic carboxylic acids is 1. The summed E-state index contributed by atoms with van der Waals surface area (Å²) in [4.78, 5) is 11.1. The van der Waals surface area contributed by atoms with Crippen LogP contribution in [0.1, 0.15) is 57.2 Å². The Bertz CT molecular complexity index is 757. The quantitative estimate of drug-likeness (QED) is 0.700. The van der Waals surface area contributed by atoms with Crippen LogP contribution in [-0.2, 0) is 6.54 Å². The third-order valence-electron chi connectivity index (χ3n) is 3.85. The molecule has 0 atom stereocenters. The third kappa shape index (κ3) is 5.62. The van der Waals surface area contributed by atoms with E-state index in [1.165, 1.54) is 12.1 Å². The highest BCUT2D eigenvalue weighted by atomic mass is 35.5. The maximum Gasteiger partial charge on any atom is 0.335 e. The molecule has 1 aromatic carbocycles. The minimum absolute atomic E-state index is 0.0218. The summed E-state index contributed by atoms with van der Waals surface area (Å²) in [5.74, 6) is 0.364. The van der Waals surface area contributed by atoms with Crippen molar-refractivity contribution in [2.24, 2.45) is 5.41 Å². The molecule has 0 unspecified atom stereocenters. The predicted octanol–water partition coefficient (Wildman–Crippen LogP) is 5.60. The molecule has 0 fully saturated rings. The lowest BCUT2D eigenvalue weighted by Gasteiger charge is -2.33. The van der Waals surface area contributed by atoms with Crippen molar-refractivity contribution in [3.05, 3.63) is 46.7 Å². The maximum absolute atomic E-state index is 11.1. The number of hydrogen-bond acceptors (Lipinski definition) is 3. The summed E-state index contributed by atoms with van der Waals surface area (Å²) in [5.41, 5.74) is 0.977. The number of hydrogen-bond donors (Lipinski definition) is 2. The van der Waals surface area contributed by atoms with Gasteiger partial charge in [0.05, 0.1) is 17.1 Å². The Morgan fingerprint density at radius 2 is 1.84 bits per heavy atom. The first kappa shape index (κ1) is 19.5. The fourth-order valence-electron chi connectivity index (χ4n) is 3.18. The van der Waals surface area contributed by atoms with Crippen molar-refractivity contribution >= 4 is 17.6 Å². The van der Waals surface area contributed by atoms with E-state index < -0.39 is 5.97 Å². The summed E-state index contributed by atoms with van der Waals surface area (Å²) in [5, 5.41) is 13.1. The lowest BCUT2D eigenvalue weighted by atomic mass is 9.82. The fourth-order valence-corrected chi connectivity index (χ4v) is 3.39. The van der Waals surface area contributed by atoms with Crippen LogP contribution in [-0.4, -0.2) is 16.6 Å². The Kier molecular flexibility index (Phi) is 5.65. The summed E-state index contributed by atoms with van der Waals surface area (Å²) >= 11 is 6.20. The Hall–Kier alpha value is -1.78. The van der Waals surface area contributed by atoms with Gasteiger partial charge in [-0.25, -0.2) is 4.79 Å². The summed E-state index contributed by atoms with van der Waals surface area (Å²) in [7, 11) is 0. The van der Waals surface area contributed by atoms with Crippen LogP contribution < -0.4 is 5.32 Å². The molecular weight excluding hydrogens is 338 g/mol. The second-order valence-corrected chi connectivity index (χ2v) is 8.65. The molecule has 5 heteroatoms. The average molecular weight is 364 g/mol. The van der Waals surface area contributed by atoms with Crippen LogP contribution in [0.3, 0.4) is 0 Å². The van der Waals surface area contributed by atoms with Crippen molar-refractivity contribution in [1.82, 2.24) is 5.32 Å². The molecule has 4 nitrogen and oxygen atoms in total. The van der Waals surface area contributed by atoms with Gasteiger partial charge >= 0.3 is 5.97 Å². The number of carboxylic acid groups (broad SMARTS) is 1. The van der Waals surface area contributed by atoms with Gasteiger partial charge < -0.3 is 14.8 Å². The molecule has 0 aliphatic heterocycles. The van der Waals surface area contributed by atoms with Gasteiger partial charge in [0.1, 0.15) is 11.5 Å². The van der Waals surface area contributed by atoms with Crippen LogP contribution in [0.5, 0.6) is 0 Å². The van der Waals surface area contributed by atoms with Crippen LogP contribution in [0, 0.1) is 5.41 Å². The first-order valence-corrected chi connectivity index (χ1v) is 8.72. The normalized spacial score (nSPS) is 12.4. The van der Waals surface area contributed by atoms with Crippen LogP contribution in [0.25, 0.3) is 11.3 Å². The molecule has 0 saturated carbocycles. The van der Waals surface area contributed by atoms with Gasteiger partial charge in [0.15, 0.2) is 0 Å². The molecule has 0 saturated heterocycles. The molecule has 0 aliphatic rings. The summed E-state index contributed by atoms with van der Waals surface area (Å²) in [6.07, 6.45) is 1.03. The van der Waals surface area contributed by atoms with Gasteiger partial charge in [-0.1, -0.05) is 32.4 Å². The Morgan fingerprint density at radius 1 is 1.16 bits per heavy atom. The molecule has 2 N–H and O–H groups in total. The largest absolute Gasteiger partial charge is 0.478 e. The molecule has 0 aliphatic carbocycles. The van der Waals surface area contributed by atoms with Gasteiger partial charge in [-0.15, -0.1) is 0 Å². The van der Waals surface area contributed by atoms with E-state index in [1.54, 1.807) is 6.07 Å². The molecular formula is C20H26ClNO3. The van der Waals surface area contributed by atoms with Gasteiger partial charge in [-0.05, 0) is 56.0 Å². The van der Waals surface area contributed by atoms with E-state index in [0.717, 1.165) is 12.2 Å². The second kappa shape index (κ2) is 7.22. The van der Waals surface area contributed by atoms with E-state index in [9.17, 15) is 4.79 Å². The molecule has 2 rings (SSSR count). The molecule has 1 heterocycles. The van der Waals surface area contributed by atoms with Crippen LogP contribution in [0.4, 0.5) is 0 Å². The highest BCUT2D eigenvalue weighted by molar-refractivity contribution is 6.33. The number of halogens is 1. The molecule has 0 amide bonds. The summed E-state index contributed by atoms with van der Waals surface area (Å²) in [6.45, 7) is 11.6. The fraction of sp³-hybridized carbons (Fsp3) is 0.450. The zero-order valence-electron chi connectivity index (χ0n) is 15.4. The minimum atomic E-state index is -0.990. The minimum Gasteiger partial charge on any atom is -0.478 e. The van der Waals surface area contributed by atoms with E-state index in [-0.39, 0.29) is 16.5 Å². The van der Waals surface area contributed by atoms with E-state index in [0.29, 0.717) is 22.9 Å². The van der Waals surface area contributed by atoms with Gasteiger partial charge in [0.2, 0.25) is 0 Å². The average Bonchev–Trinajstić information content (AvgIpc) is 2.91. The van der Waals surface area contributed by atoms with E-state index in [4.69, 9.17) is 21.1 Å². The number of carboxylic acids is 1. The molecule has 2 aromatic rings. The van der Waals surface area contributed by atoms with Crippen molar-refractivity contribution in [1.29, 1.82) is 0 Å². The summed E-state index contributed by atoms with van der Waals surface area (Å²) < 4.78 is 5.87. The second-order valence-electron chi connectivity index (χ2n) is 8.24. The third-order valence-corrected chi connectivity index (χ3v) is 4.18. The number of rotatable bonds is 6. The van der Waals surface area contributed by atoms with Crippen LogP contribution in [0.15, 0.2) is 34.7 Å². The van der Waals surface area contributed by atoms with Crippen molar-refractivity contribution in [3.8, 4) is 11.3 Å². The van der Waals surface area contributed by atoms with E-state index in [2.05, 4.69) is 39.9 Å². The van der Waals surface area contributed by atoms with Crippen molar-refractivity contribution in [3.63, 3.8) is 0 Å². The van der Waals surface area contributed by atoms with Gasteiger partial charge in [0, 0.05) is 11.1 Å². The van der Waals surface area contributed by atoms with Crippen molar-refractivity contribution in [2.45, 2.75) is 53.1 Å². The van der Waals surface area contributed by atoms with Crippen molar-refractivity contribution < 1.29 is 14.3 Å². The van der Waals surface area contributed by atoms with Gasteiger partial charge in [-0.2, -0.15) is 0 Å². The van der Waals surface area contributed by atoms with Crippen LogP contribution in [0.2, 0.25) is 5.02 Å². The lowest BCUT2D eigenvalue weighted by Crippen LogP contribution is -2.41. The molecule has 136 valence electrons. The van der Waals surface area contributed by atoms with Gasteiger partial charge in [0.25, 0.3) is 0 Å². The van der Waals surface area contributed by atoms with E-state index >= 15 is 0 Å². The standard InChI is InChI=1S/C20H26ClNO3/c1-19(2,3)12-20(4,5)22-11-14-7-9-17(25-14)15-10-13(18(23)24)6-8-16(15)21/h6-10,22H,11-12H2,1-5H3,(H,23,24). The zero-order valence-corrected chi connectivity index (χ0v) is 16.2. The molecule has 0 spiro atoms. The SMILES string of the molecule is CC(C)(C)CC(C)(C)NCc1ccc(-c2cc(C(=O)O)ccc2Cl)o1.